The summed E-state index contributed by atoms with van der Waals surface area (Å²) in [6, 6.07) is 0. The van der Waals surface area contributed by atoms with Gasteiger partial charge in [-0.05, 0) is 6.42 Å². The highest BCUT2D eigenvalue weighted by Crippen LogP contribution is 2.13. The van der Waals surface area contributed by atoms with E-state index < -0.39 is 0 Å². The predicted octanol–water partition coefficient (Wildman–Crippen LogP) is 4.58. The van der Waals surface area contributed by atoms with Crippen molar-refractivity contribution in [2.45, 2.75) is 110 Å². The molecule has 0 unspecified atom stereocenters. The molecule has 0 aliphatic rings. The van der Waals surface area contributed by atoms with E-state index in [1.165, 1.54) is 89.9 Å². The Morgan fingerprint density at radius 3 is 1.48 bits per heavy atom. The molecule has 0 saturated heterocycles. The molecule has 5 heteroatoms. The average molecular weight is 413 g/mol. The third-order valence-electron chi connectivity index (χ3n) is 5.65. The van der Waals surface area contributed by atoms with Gasteiger partial charge in [0.15, 0.2) is 0 Å². The van der Waals surface area contributed by atoms with Gasteiger partial charge in [-0.1, -0.05) is 96.8 Å². The van der Waals surface area contributed by atoms with E-state index in [4.69, 9.17) is 11.5 Å². The van der Waals surface area contributed by atoms with Crippen molar-refractivity contribution in [1.29, 1.82) is 0 Å². The van der Waals surface area contributed by atoms with Gasteiger partial charge in [-0.3, -0.25) is 9.69 Å². The number of carbonyl (C=O) groups is 1. The Hall–Kier alpha value is -0.650. The summed E-state index contributed by atoms with van der Waals surface area (Å²) < 4.78 is 0. The van der Waals surface area contributed by atoms with E-state index >= 15 is 0 Å². The fourth-order valence-corrected chi connectivity index (χ4v) is 3.80. The molecular formula is C24H52N4O. The lowest BCUT2D eigenvalue weighted by Gasteiger charge is -2.20. The minimum atomic E-state index is 0.181. The van der Waals surface area contributed by atoms with Crippen LogP contribution in [-0.4, -0.2) is 50.1 Å². The van der Waals surface area contributed by atoms with Crippen molar-refractivity contribution in [3.63, 3.8) is 0 Å². The van der Waals surface area contributed by atoms with Crippen LogP contribution >= 0.6 is 0 Å². The van der Waals surface area contributed by atoms with Gasteiger partial charge in [-0.25, -0.2) is 0 Å². The monoisotopic (exact) mass is 412 g/mol. The van der Waals surface area contributed by atoms with E-state index in [1.54, 1.807) is 0 Å². The van der Waals surface area contributed by atoms with Crippen LogP contribution in [0.5, 0.6) is 0 Å². The highest BCUT2D eigenvalue weighted by molar-refractivity contribution is 5.75. The number of hydrogen-bond donors (Lipinski definition) is 3. The standard InChI is InChI=1S/C24H52N4O/c1-2-3-4-5-6-7-8-9-10-11-12-13-14-15-16-17-24(29)27-20-23-28(21-18-25)22-19-26/h2-23,25-26H2,1H3,(H,27,29). The van der Waals surface area contributed by atoms with Crippen molar-refractivity contribution < 1.29 is 4.79 Å². The van der Waals surface area contributed by atoms with Crippen LogP contribution < -0.4 is 16.8 Å². The van der Waals surface area contributed by atoms with E-state index in [0.29, 0.717) is 26.1 Å². The second kappa shape index (κ2) is 23.6. The lowest BCUT2D eigenvalue weighted by Crippen LogP contribution is -2.39. The minimum absolute atomic E-state index is 0.181. The van der Waals surface area contributed by atoms with Gasteiger partial charge in [-0.15, -0.1) is 0 Å². The Morgan fingerprint density at radius 1 is 0.655 bits per heavy atom. The maximum atomic E-state index is 11.9. The van der Waals surface area contributed by atoms with Crippen molar-refractivity contribution in [1.82, 2.24) is 10.2 Å². The smallest absolute Gasteiger partial charge is 0.220 e. The largest absolute Gasteiger partial charge is 0.355 e. The number of carbonyl (C=O) groups excluding carboxylic acids is 1. The van der Waals surface area contributed by atoms with Crippen molar-refractivity contribution in [2.75, 3.05) is 39.3 Å². The first-order valence-electron chi connectivity index (χ1n) is 12.6. The zero-order valence-corrected chi connectivity index (χ0v) is 19.6. The summed E-state index contributed by atoms with van der Waals surface area (Å²) in [4.78, 5) is 14.1. The second-order valence-corrected chi connectivity index (χ2v) is 8.47. The lowest BCUT2D eigenvalue weighted by atomic mass is 10.0. The molecule has 0 spiro atoms. The zero-order valence-electron chi connectivity index (χ0n) is 19.6. The number of hydrogen-bond acceptors (Lipinski definition) is 4. The van der Waals surface area contributed by atoms with Crippen molar-refractivity contribution in [3.8, 4) is 0 Å². The van der Waals surface area contributed by atoms with Gasteiger partial charge < -0.3 is 16.8 Å². The molecule has 0 heterocycles. The molecule has 174 valence electrons. The molecular weight excluding hydrogens is 360 g/mol. The molecule has 0 aliphatic heterocycles. The molecule has 0 rings (SSSR count). The zero-order chi connectivity index (χ0) is 21.4. The molecule has 0 bridgehead atoms. The molecule has 0 aromatic rings. The Balaban J connectivity index is 3.28. The van der Waals surface area contributed by atoms with Crippen LogP contribution in [0.15, 0.2) is 0 Å². The fraction of sp³-hybridized carbons (Fsp3) is 0.958. The van der Waals surface area contributed by atoms with Crippen molar-refractivity contribution in [3.05, 3.63) is 0 Å². The van der Waals surface area contributed by atoms with E-state index in [9.17, 15) is 4.79 Å². The SMILES string of the molecule is CCCCCCCCCCCCCCCCCC(=O)NCCN(CCN)CCN. The van der Waals surface area contributed by atoms with Crippen LogP contribution in [0.2, 0.25) is 0 Å². The average Bonchev–Trinajstić information content (AvgIpc) is 2.71. The Labute approximate surface area is 181 Å². The third kappa shape index (κ3) is 21.9. The quantitative estimate of drug-likeness (QED) is 0.214. The van der Waals surface area contributed by atoms with Crippen LogP contribution in [0, 0.1) is 0 Å². The summed E-state index contributed by atoms with van der Waals surface area (Å²) in [5.41, 5.74) is 11.2. The maximum Gasteiger partial charge on any atom is 0.220 e. The fourth-order valence-electron chi connectivity index (χ4n) is 3.80. The Bertz CT molecular complexity index is 333. The number of nitrogens with two attached hydrogens (primary N) is 2. The van der Waals surface area contributed by atoms with Crippen LogP contribution in [0.25, 0.3) is 0 Å². The second-order valence-electron chi connectivity index (χ2n) is 8.47. The number of unbranched alkanes of at least 4 members (excludes halogenated alkanes) is 14. The molecule has 5 N–H and O–H groups in total. The van der Waals surface area contributed by atoms with E-state index in [0.717, 1.165) is 26.1 Å². The van der Waals surface area contributed by atoms with E-state index in [2.05, 4.69) is 17.1 Å². The van der Waals surface area contributed by atoms with E-state index in [-0.39, 0.29) is 5.91 Å². The maximum absolute atomic E-state index is 11.9. The number of nitrogens with zero attached hydrogens (tertiary/aromatic N) is 1. The van der Waals surface area contributed by atoms with Gasteiger partial charge in [0.1, 0.15) is 0 Å². The molecule has 0 fully saturated rings. The molecule has 29 heavy (non-hydrogen) atoms. The van der Waals surface area contributed by atoms with Gasteiger partial charge in [0.2, 0.25) is 5.91 Å². The highest BCUT2D eigenvalue weighted by Gasteiger charge is 2.04. The summed E-state index contributed by atoms with van der Waals surface area (Å²) in [6.07, 6.45) is 20.9. The predicted molar refractivity (Wildman–Crippen MR) is 127 cm³/mol. The summed E-state index contributed by atoms with van der Waals surface area (Å²) >= 11 is 0. The van der Waals surface area contributed by atoms with Crippen LogP contribution in [0.4, 0.5) is 0 Å². The van der Waals surface area contributed by atoms with E-state index in [1.807, 2.05) is 0 Å². The van der Waals surface area contributed by atoms with Gasteiger partial charge in [0, 0.05) is 45.7 Å². The minimum Gasteiger partial charge on any atom is -0.355 e. The first-order valence-corrected chi connectivity index (χ1v) is 12.6. The van der Waals surface area contributed by atoms with Crippen LogP contribution in [-0.2, 0) is 4.79 Å². The van der Waals surface area contributed by atoms with Crippen molar-refractivity contribution >= 4 is 5.91 Å². The first kappa shape index (κ1) is 28.4. The molecule has 0 aromatic carbocycles. The first-order chi connectivity index (χ1) is 14.2. The normalized spacial score (nSPS) is 11.3. The number of amides is 1. The van der Waals surface area contributed by atoms with Gasteiger partial charge >= 0.3 is 0 Å². The molecule has 0 aromatic heterocycles. The van der Waals surface area contributed by atoms with Gasteiger partial charge in [0.05, 0.1) is 0 Å². The number of nitrogens with one attached hydrogen (secondary N) is 1. The summed E-state index contributed by atoms with van der Waals surface area (Å²) in [5.74, 6) is 0.181. The Kier molecular flexibility index (Phi) is 23.1. The third-order valence-corrected chi connectivity index (χ3v) is 5.65. The van der Waals surface area contributed by atoms with Crippen molar-refractivity contribution in [2.24, 2.45) is 11.5 Å². The summed E-state index contributed by atoms with van der Waals surface area (Å²) in [6.45, 7) is 6.75. The summed E-state index contributed by atoms with van der Waals surface area (Å²) in [5, 5.41) is 3.02. The molecule has 0 atom stereocenters. The van der Waals surface area contributed by atoms with Crippen LogP contribution in [0.1, 0.15) is 110 Å². The lowest BCUT2D eigenvalue weighted by molar-refractivity contribution is -0.121. The molecule has 1 amide bonds. The highest BCUT2D eigenvalue weighted by atomic mass is 16.1. The summed E-state index contributed by atoms with van der Waals surface area (Å²) in [7, 11) is 0. The number of rotatable bonds is 23. The molecule has 5 nitrogen and oxygen atoms in total. The van der Waals surface area contributed by atoms with Gasteiger partial charge in [-0.2, -0.15) is 0 Å². The molecule has 0 saturated carbocycles. The van der Waals surface area contributed by atoms with Crippen LogP contribution in [0.3, 0.4) is 0 Å². The molecule has 0 radical (unpaired) electrons. The molecule has 0 aliphatic carbocycles. The van der Waals surface area contributed by atoms with Gasteiger partial charge in [0.25, 0.3) is 0 Å². The Morgan fingerprint density at radius 2 is 1.07 bits per heavy atom. The topological polar surface area (TPSA) is 84.4 Å².